The van der Waals surface area contributed by atoms with E-state index in [9.17, 15) is 17.2 Å². The van der Waals surface area contributed by atoms with Crippen LogP contribution in [0.1, 0.15) is 25.3 Å². The van der Waals surface area contributed by atoms with Gasteiger partial charge in [-0.3, -0.25) is 0 Å². The number of aliphatic hydroxyl groups excluding tert-OH is 1. The van der Waals surface area contributed by atoms with Gasteiger partial charge in [0.25, 0.3) is 0 Å². The van der Waals surface area contributed by atoms with Crippen molar-refractivity contribution in [2.75, 3.05) is 13.1 Å². The predicted molar refractivity (Wildman–Crippen MR) is 69.4 cm³/mol. The van der Waals surface area contributed by atoms with E-state index in [-0.39, 0.29) is 0 Å². The first-order valence-corrected chi connectivity index (χ1v) is 7.89. The molecule has 2 rings (SSSR count). The van der Waals surface area contributed by atoms with Crippen LogP contribution in [-0.2, 0) is 16.6 Å². The van der Waals surface area contributed by atoms with Crippen LogP contribution in [0.5, 0.6) is 0 Å². The van der Waals surface area contributed by atoms with Gasteiger partial charge in [-0.2, -0.15) is 4.31 Å². The molecule has 0 radical (unpaired) electrons. The van der Waals surface area contributed by atoms with Gasteiger partial charge in [-0.1, -0.05) is 6.92 Å². The number of piperidine rings is 1. The SMILES string of the molecule is CC1CCN(S(=O)(=O)c2ccc(F)c(CO)c2F)CC1. The average molecular weight is 305 g/mol. The molecule has 1 saturated heterocycles. The zero-order valence-corrected chi connectivity index (χ0v) is 12.0. The molecule has 1 aromatic carbocycles. The molecule has 7 heteroatoms. The van der Waals surface area contributed by atoms with Crippen LogP contribution in [-0.4, -0.2) is 30.9 Å². The number of benzene rings is 1. The third kappa shape index (κ3) is 2.70. The first-order chi connectivity index (χ1) is 9.37. The van der Waals surface area contributed by atoms with Gasteiger partial charge >= 0.3 is 0 Å². The van der Waals surface area contributed by atoms with E-state index >= 15 is 0 Å². The standard InChI is InChI=1S/C13H17F2NO3S/c1-9-4-6-16(7-5-9)20(18,19)12-3-2-11(14)10(8-17)13(12)15/h2-3,9,17H,4-8H2,1H3. The highest BCUT2D eigenvalue weighted by atomic mass is 32.2. The summed E-state index contributed by atoms with van der Waals surface area (Å²) >= 11 is 0. The maximum Gasteiger partial charge on any atom is 0.245 e. The number of sulfonamides is 1. The fourth-order valence-electron chi connectivity index (χ4n) is 2.28. The molecular weight excluding hydrogens is 288 g/mol. The minimum atomic E-state index is -3.98. The second-order valence-electron chi connectivity index (χ2n) is 5.08. The van der Waals surface area contributed by atoms with Crippen molar-refractivity contribution in [3.05, 3.63) is 29.3 Å². The molecule has 0 aromatic heterocycles. The molecule has 20 heavy (non-hydrogen) atoms. The molecule has 112 valence electrons. The normalized spacial score (nSPS) is 18.4. The summed E-state index contributed by atoms with van der Waals surface area (Å²) in [5, 5.41) is 8.95. The summed E-state index contributed by atoms with van der Waals surface area (Å²) in [6.45, 7) is 1.81. The third-order valence-electron chi connectivity index (χ3n) is 3.67. The lowest BCUT2D eigenvalue weighted by atomic mass is 10.0. The molecule has 1 aliphatic heterocycles. The van der Waals surface area contributed by atoms with Crippen molar-refractivity contribution in [1.29, 1.82) is 0 Å². The van der Waals surface area contributed by atoms with Gasteiger partial charge in [0.05, 0.1) is 12.2 Å². The summed E-state index contributed by atoms with van der Waals surface area (Å²) in [5.41, 5.74) is -0.614. The average Bonchev–Trinajstić information content (AvgIpc) is 2.39. The smallest absolute Gasteiger partial charge is 0.245 e. The lowest BCUT2D eigenvalue weighted by Gasteiger charge is -2.29. The third-order valence-corrected chi connectivity index (χ3v) is 5.59. The number of rotatable bonds is 3. The largest absolute Gasteiger partial charge is 0.391 e. The predicted octanol–water partition coefficient (Wildman–Crippen LogP) is 1.88. The van der Waals surface area contributed by atoms with Crippen molar-refractivity contribution in [1.82, 2.24) is 4.31 Å². The van der Waals surface area contributed by atoms with Gasteiger partial charge in [0.2, 0.25) is 10.0 Å². The highest BCUT2D eigenvalue weighted by Gasteiger charge is 2.31. The lowest BCUT2D eigenvalue weighted by molar-refractivity contribution is 0.266. The van der Waals surface area contributed by atoms with E-state index < -0.39 is 38.7 Å². The summed E-state index contributed by atoms with van der Waals surface area (Å²) in [7, 11) is -3.98. The van der Waals surface area contributed by atoms with Crippen LogP contribution in [0.4, 0.5) is 8.78 Å². The molecule has 1 N–H and O–H groups in total. The van der Waals surface area contributed by atoms with E-state index in [1.54, 1.807) is 0 Å². The van der Waals surface area contributed by atoms with Crippen molar-refractivity contribution in [3.8, 4) is 0 Å². The van der Waals surface area contributed by atoms with Crippen LogP contribution in [0.15, 0.2) is 17.0 Å². The van der Waals surface area contributed by atoms with Crippen molar-refractivity contribution in [2.45, 2.75) is 31.3 Å². The fraction of sp³-hybridized carbons (Fsp3) is 0.538. The summed E-state index contributed by atoms with van der Waals surface area (Å²) in [5.74, 6) is -1.71. The van der Waals surface area contributed by atoms with Crippen LogP contribution < -0.4 is 0 Å². The maximum atomic E-state index is 14.1. The summed E-state index contributed by atoms with van der Waals surface area (Å²) in [6, 6.07) is 1.78. The first-order valence-electron chi connectivity index (χ1n) is 6.45. The van der Waals surface area contributed by atoms with Crippen LogP contribution in [0.2, 0.25) is 0 Å². The summed E-state index contributed by atoms with van der Waals surface area (Å²) in [4.78, 5) is -0.572. The zero-order chi connectivity index (χ0) is 14.9. The van der Waals surface area contributed by atoms with Crippen molar-refractivity contribution < 1.29 is 22.3 Å². The number of halogens is 2. The minimum Gasteiger partial charge on any atom is -0.391 e. The highest BCUT2D eigenvalue weighted by molar-refractivity contribution is 7.89. The molecule has 0 saturated carbocycles. The molecule has 0 spiro atoms. The number of nitrogens with zero attached hydrogens (tertiary/aromatic N) is 1. The Morgan fingerprint density at radius 3 is 2.45 bits per heavy atom. The maximum absolute atomic E-state index is 14.1. The Labute approximate surface area is 117 Å². The Balaban J connectivity index is 2.40. The number of hydrogen-bond acceptors (Lipinski definition) is 3. The molecule has 1 aromatic rings. The van der Waals surface area contributed by atoms with Gasteiger partial charge in [-0.25, -0.2) is 17.2 Å². The van der Waals surface area contributed by atoms with Gasteiger partial charge in [0.1, 0.15) is 10.7 Å². The number of hydrogen-bond donors (Lipinski definition) is 1. The van der Waals surface area contributed by atoms with Gasteiger partial charge in [0, 0.05) is 13.1 Å². The summed E-state index contributed by atoms with van der Waals surface area (Å²) in [6.07, 6.45) is 1.43. The molecule has 0 bridgehead atoms. The second kappa shape index (κ2) is 5.75. The van der Waals surface area contributed by atoms with E-state index in [2.05, 4.69) is 0 Å². The van der Waals surface area contributed by atoms with Gasteiger partial charge in [-0.15, -0.1) is 0 Å². The fourth-order valence-corrected chi connectivity index (χ4v) is 3.84. The van der Waals surface area contributed by atoms with E-state index in [1.165, 1.54) is 4.31 Å². The topological polar surface area (TPSA) is 57.6 Å². The number of aliphatic hydroxyl groups is 1. The van der Waals surface area contributed by atoms with Gasteiger partial charge in [-0.05, 0) is 30.9 Å². The van der Waals surface area contributed by atoms with Crippen LogP contribution in [0.25, 0.3) is 0 Å². The van der Waals surface area contributed by atoms with E-state index in [0.717, 1.165) is 25.0 Å². The van der Waals surface area contributed by atoms with Crippen molar-refractivity contribution in [2.24, 2.45) is 5.92 Å². The lowest BCUT2D eigenvalue weighted by Crippen LogP contribution is -2.38. The Bertz CT molecular complexity index is 596. The van der Waals surface area contributed by atoms with Gasteiger partial charge < -0.3 is 5.11 Å². The Morgan fingerprint density at radius 1 is 1.30 bits per heavy atom. The van der Waals surface area contributed by atoms with Crippen LogP contribution >= 0.6 is 0 Å². The molecule has 1 fully saturated rings. The van der Waals surface area contributed by atoms with E-state index in [1.807, 2.05) is 6.92 Å². The van der Waals surface area contributed by atoms with E-state index in [4.69, 9.17) is 5.11 Å². The quantitative estimate of drug-likeness (QED) is 0.927. The molecule has 1 aliphatic rings. The molecule has 4 nitrogen and oxygen atoms in total. The molecular formula is C13H17F2NO3S. The first kappa shape index (κ1) is 15.3. The minimum absolute atomic E-state index is 0.328. The van der Waals surface area contributed by atoms with E-state index in [0.29, 0.717) is 19.0 Å². The van der Waals surface area contributed by atoms with Crippen molar-refractivity contribution in [3.63, 3.8) is 0 Å². The van der Waals surface area contributed by atoms with Crippen LogP contribution in [0, 0.1) is 17.6 Å². The monoisotopic (exact) mass is 305 g/mol. The Morgan fingerprint density at radius 2 is 1.90 bits per heavy atom. The highest BCUT2D eigenvalue weighted by Crippen LogP contribution is 2.27. The molecule has 0 unspecified atom stereocenters. The van der Waals surface area contributed by atoms with Gasteiger partial charge in [0.15, 0.2) is 5.82 Å². The molecule has 0 amide bonds. The van der Waals surface area contributed by atoms with Crippen LogP contribution in [0.3, 0.4) is 0 Å². The Hall–Kier alpha value is -1.05. The summed E-state index contributed by atoms with van der Waals surface area (Å²) < 4.78 is 53.3. The van der Waals surface area contributed by atoms with Crippen molar-refractivity contribution >= 4 is 10.0 Å². The second-order valence-corrected chi connectivity index (χ2v) is 6.99. The zero-order valence-electron chi connectivity index (χ0n) is 11.1. The molecule has 0 atom stereocenters. The Kier molecular flexibility index (Phi) is 4.41. The molecule has 0 aliphatic carbocycles. The molecule has 1 heterocycles.